The monoisotopic (exact) mass is 368 g/mol. The predicted molar refractivity (Wildman–Crippen MR) is 91.7 cm³/mol. The third-order valence-electron chi connectivity index (χ3n) is 4.02. The molecule has 4 aromatic rings. The Morgan fingerprint density at radius 1 is 1.37 bits per heavy atom. The second kappa shape index (κ2) is 6.52. The van der Waals surface area contributed by atoms with Gasteiger partial charge >= 0.3 is 5.97 Å². The van der Waals surface area contributed by atoms with Crippen molar-refractivity contribution in [3.8, 4) is 0 Å². The molecule has 27 heavy (non-hydrogen) atoms. The van der Waals surface area contributed by atoms with Crippen molar-refractivity contribution < 1.29 is 23.1 Å². The fourth-order valence-electron chi connectivity index (χ4n) is 2.76. The number of methoxy groups -OCH3 is 1. The lowest BCUT2D eigenvalue weighted by molar-refractivity contribution is 0.0596. The molecule has 0 atom stereocenters. The Kier molecular flexibility index (Phi) is 4.03. The molecule has 0 saturated heterocycles. The second-order valence-electron chi connectivity index (χ2n) is 5.67. The first-order valence-electron chi connectivity index (χ1n) is 7.94. The van der Waals surface area contributed by atoms with Gasteiger partial charge in [0.2, 0.25) is 0 Å². The van der Waals surface area contributed by atoms with Gasteiger partial charge in [0, 0.05) is 17.8 Å². The molecule has 0 aliphatic heterocycles. The molecule has 3 heterocycles. The third-order valence-corrected chi connectivity index (χ3v) is 4.02. The molecule has 4 rings (SSSR count). The number of esters is 1. The molecule has 0 radical (unpaired) electrons. The second-order valence-corrected chi connectivity index (χ2v) is 5.67. The highest BCUT2D eigenvalue weighted by Crippen LogP contribution is 2.26. The van der Waals surface area contributed by atoms with Gasteiger partial charge in [0.15, 0.2) is 11.2 Å². The van der Waals surface area contributed by atoms with Crippen molar-refractivity contribution in [2.24, 2.45) is 0 Å². The summed E-state index contributed by atoms with van der Waals surface area (Å²) >= 11 is 0. The zero-order valence-corrected chi connectivity index (χ0v) is 14.1. The van der Waals surface area contributed by atoms with E-state index < -0.39 is 11.8 Å². The van der Waals surface area contributed by atoms with E-state index in [1.807, 2.05) is 0 Å². The standard InChI is InChI=1S/C18H13FN4O4/c1-26-18(25)14-13(19)4-3-10-7-11(27-15(10)14)8-21-17(24)12-9-22-23-6-2-5-20-16(12)23/h2-7,9H,8H2,1H3,(H,21,24). The van der Waals surface area contributed by atoms with E-state index >= 15 is 0 Å². The normalized spacial score (nSPS) is 11.0. The van der Waals surface area contributed by atoms with Crippen molar-refractivity contribution in [1.29, 1.82) is 0 Å². The van der Waals surface area contributed by atoms with Crippen LogP contribution in [0.5, 0.6) is 0 Å². The van der Waals surface area contributed by atoms with E-state index in [0.717, 1.165) is 13.2 Å². The maximum atomic E-state index is 14.0. The summed E-state index contributed by atoms with van der Waals surface area (Å²) in [4.78, 5) is 28.3. The van der Waals surface area contributed by atoms with Crippen LogP contribution in [0.15, 0.2) is 47.3 Å². The number of ether oxygens (including phenoxy) is 1. The molecule has 0 aliphatic carbocycles. The lowest BCUT2D eigenvalue weighted by atomic mass is 10.1. The highest BCUT2D eigenvalue weighted by Gasteiger charge is 2.21. The minimum absolute atomic E-state index is 0.0416. The van der Waals surface area contributed by atoms with Gasteiger partial charge in [-0.25, -0.2) is 18.7 Å². The maximum Gasteiger partial charge on any atom is 0.344 e. The topological polar surface area (TPSA) is 98.7 Å². The van der Waals surface area contributed by atoms with Gasteiger partial charge in [-0.1, -0.05) is 0 Å². The molecule has 3 aromatic heterocycles. The average Bonchev–Trinajstić information content (AvgIpc) is 3.29. The Bertz CT molecular complexity index is 1180. The lowest BCUT2D eigenvalue weighted by Gasteiger charge is -2.02. The quantitative estimate of drug-likeness (QED) is 0.555. The molecular formula is C18H13FN4O4. The number of rotatable bonds is 4. The van der Waals surface area contributed by atoms with Gasteiger partial charge in [-0.05, 0) is 24.3 Å². The highest BCUT2D eigenvalue weighted by atomic mass is 19.1. The molecule has 9 heteroatoms. The predicted octanol–water partition coefficient (Wildman–Crippen LogP) is 2.33. The molecule has 1 aromatic carbocycles. The summed E-state index contributed by atoms with van der Waals surface area (Å²) in [6.07, 6.45) is 4.66. The van der Waals surface area contributed by atoms with Gasteiger partial charge in [-0.2, -0.15) is 5.10 Å². The summed E-state index contributed by atoms with van der Waals surface area (Å²) in [5, 5.41) is 7.28. The molecule has 136 valence electrons. The van der Waals surface area contributed by atoms with Crippen LogP contribution in [0.4, 0.5) is 4.39 Å². The van der Waals surface area contributed by atoms with Gasteiger partial charge in [0.05, 0.1) is 19.9 Å². The van der Waals surface area contributed by atoms with Crippen LogP contribution in [0.3, 0.4) is 0 Å². The van der Waals surface area contributed by atoms with E-state index in [1.54, 1.807) is 24.5 Å². The number of amides is 1. The summed E-state index contributed by atoms with van der Waals surface area (Å²) < 4.78 is 25.6. The summed E-state index contributed by atoms with van der Waals surface area (Å²) in [7, 11) is 1.16. The van der Waals surface area contributed by atoms with E-state index in [-0.39, 0.29) is 23.6 Å². The molecule has 8 nitrogen and oxygen atoms in total. The Labute approximate surface area is 151 Å². The summed E-state index contributed by atoms with van der Waals surface area (Å²) in [6, 6.07) is 5.97. The largest absolute Gasteiger partial charge is 0.465 e. The number of carbonyl (C=O) groups excluding carboxylic acids is 2. The summed E-state index contributed by atoms with van der Waals surface area (Å²) in [6.45, 7) is 0.0416. The Morgan fingerprint density at radius 2 is 2.22 bits per heavy atom. The first-order chi connectivity index (χ1) is 13.1. The number of hydrogen-bond acceptors (Lipinski definition) is 6. The van der Waals surface area contributed by atoms with Crippen LogP contribution in [0, 0.1) is 5.82 Å². The van der Waals surface area contributed by atoms with Crippen molar-refractivity contribution in [2.75, 3.05) is 7.11 Å². The van der Waals surface area contributed by atoms with E-state index in [9.17, 15) is 14.0 Å². The minimum atomic E-state index is -0.833. The first-order valence-corrected chi connectivity index (χ1v) is 7.94. The average molecular weight is 368 g/mol. The number of halogens is 1. The Morgan fingerprint density at radius 3 is 3.04 bits per heavy atom. The number of furan rings is 1. The Hall–Kier alpha value is -3.75. The van der Waals surface area contributed by atoms with Crippen LogP contribution in [0.25, 0.3) is 16.6 Å². The number of benzene rings is 1. The molecule has 1 N–H and O–H groups in total. The van der Waals surface area contributed by atoms with Crippen LogP contribution in [0.2, 0.25) is 0 Å². The molecule has 0 saturated carbocycles. The molecule has 0 unspecified atom stereocenters. The van der Waals surface area contributed by atoms with Gasteiger partial charge in [-0.3, -0.25) is 4.79 Å². The molecule has 0 bridgehead atoms. The van der Waals surface area contributed by atoms with Gasteiger partial charge < -0.3 is 14.5 Å². The van der Waals surface area contributed by atoms with Crippen molar-refractivity contribution in [3.05, 3.63) is 65.6 Å². The first kappa shape index (κ1) is 16.7. The van der Waals surface area contributed by atoms with E-state index in [1.165, 1.54) is 16.8 Å². The highest BCUT2D eigenvalue weighted by molar-refractivity contribution is 6.02. The van der Waals surface area contributed by atoms with Crippen molar-refractivity contribution in [3.63, 3.8) is 0 Å². The Balaban J connectivity index is 1.59. The lowest BCUT2D eigenvalue weighted by Crippen LogP contribution is -2.22. The number of nitrogens with one attached hydrogen (secondary N) is 1. The third kappa shape index (κ3) is 2.88. The van der Waals surface area contributed by atoms with Crippen LogP contribution in [-0.4, -0.2) is 33.6 Å². The fourth-order valence-corrected chi connectivity index (χ4v) is 2.76. The zero-order chi connectivity index (χ0) is 19.0. The smallest absolute Gasteiger partial charge is 0.344 e. The summed E-state index contributed by atoms with van der Waals surface area (Å²) in [5.41, 5.74) is 0.533. The number of fused-ring (bicyclic) bond motifs is 2. The molecular weight excluding hydrogens is 355 g/mol. The summed E-state index contributed by atoms with van der Waals surface area (Å²) in [5.74, 6) is -1.60. The molecule has 0 aliphatic rings. The van der Waals surface area contributed by atoms with Crippen LogP contribution in [0.1, 0.15) is 26.5 Å². The number of hydrogen-bond donors (Lipinski definition) is 1. The van der Waals surface area contributed by atoms with E-state index in [2.05, 4.69) is 20.1 Å². The van der Waals surface area contributed by atoms with Gasteiger partial charge in [-0.15, -0.1) is 0 Å². The minimum Gasteiger partial charge on any atom is -0.465 e. The number of aromatic nitrogens is 3. The van der Waals surface area contributed by atoms with Crippen molar-refractivity contribution in [1.82, 2.24) is 19.9 Å². The van der Waals surface area contributed by atoms with Gasteiger partial charge in [0.25, 0.3) is 5.91 Å². The van der Waals surface area contributed by atoms with E-state index in [0.29, 0.717) is 22.4 Å². The van der Waals surface area contributed by atoms with Crippen LogP contribution >= 0.6 is 0 Å². The van der Waals surface area contributed by atoms with Crippen LogP contribution < -0.4 is 5.32 Å². The fraction of sp³-hybridized carbons (Fsp3) is 0.111. The van der Waals surface area contributed by atoms with Crippen molar-refractivity contribution >= 4 is 28.5 Å². The molecule has 0 spiro atoms. The number of nitrogens with zero attached hydrogens (tertiary/aromatic N) is 3. The van der Waals surface area contributed by atoms with E-state index in [4.69, 9.17) is 4.42 Å². The molecule has 1 amide bonds. The zero-order valence-electron chi connectivity index (χ0n) is 14.1. The van der Waals surface area contributed by atoms with Crippen LogP contribution in [-0.2, 0) is 11.3 Å². The molecule has 0 fully saturated rings. The van der Waals surface area contributed by atoms with Gasteiger partial charge in [0.1, 0.15) is 22.7 Å². The van der Waals surface area contributed by atoms with Crippen molar-refractivity contribution in [2.45, 2.75) is 6.54 Å². The number of carbonyl (C=O) groups is 2. The SMILES string of the molecule is COC(=O)c1c(F)ccc2cc(CNC(=O)c3cnn4cccnc34)oc12. The maximum absolute atomic E-state index is 14.0.